The van der Waals surface area contributed by atoms with Crippen molar-refractivity contribution in [2.45, 2.75) is 19.4 Å². The Balaban J connectivity index is 1.48. The molecule has 1 atom stereocenters. The number of carbonyl (C=O) groups is 2. The number of rotatable bonds is 5. The van der Waals surface area contributed by atoms with E-state index in [1.165, 1.54) is 6.92 Å². The maximum absolute atomic E-state index is 13.3. The number of amides is 2. The molecular weight excluding hydrogens is 418 g/mol. The van der Waals surface area contributed by atoms with Gasteiger partial charge in [0.1, 0.15) is 23.3 Å². The molecule has 0 aliphatic rings. The Morgan fingerprint density at radius 2 is 1.62 bits per heavy atom. The Bertz CT molecular complexity index is 1390. The average Bonchev–Trinajstić information content (AvgIpc) is 2.73. The smallest absolute Gasteiger partial charge is 0.344 e. The molecule has 0 bridgehead atoms. The Labute approximate surface area is 180 Å². The molecular formula is C24H18F2N2O4. The van der Waals surface area contributed by atoms with Gasteiger partial charge >= 0.3 is 5.63 Å². The first-order valence-electron chi connectivity index (χ1n) is 9.81. The fourth-order valence-corrected chi connectivity index (χ4v) is 3.47. The summed E-state index contributed by atoms with van der Waals surface area (Å²) in [6.45, 7) is 1.49. The zero-order chi connectivity index (χ0) is 22.8. The van der Waals surface area contributed by atoms with Gasteiger partial charge in [-0.1, -0.05) is 18.2 Å². The van der Waals surface area contributed by atoms with E-state index in [1.54, 1.807) is 42.5 Å². The Morgan fingerprint density at radius 1 is 0.938 bits per heavy atom. The number of benzene rings is 3. The van der Waals surface area contributed by atoms with Gasteiger partial charge in [-0.15, -0.1) is 0 Å². The summed E-state index contributed by atoms with van der Waals surface area (Å²) in [6.07, 6.45) is -0.271. The van der Waals surface area contributed by atoms with Crippen molar-refractivity contribution in [3.05, 3.63) is 88.3 Å². The SMILES string of the molecule is C[C@H](NC(=O)Cc1cc(F)cc(F)c1)C(=O)Nc1ccc2oc(=O)c3ccccc3c2c1. The van der Waals surface area contributed by atoms with Gasteiger partial charge in [-0.2, -0.15) is 0 Å². The van der Waals surface area contributed by atoms with Crippen LogP contribution >= 0.6 is 0 Å². The number of hydrogen-bond acceptors (Lipinski definition) is 4. The van der Waals surface area contributed by atoms with Crippen LogP contribution in [-0.2, 0) is 16.0 Å². The standard InChI is InChI=1S/C24H18F2N2O4/c1-13(27-22(29)10-14-8-15(25)11-16(26)9-14)23(30)28-17-6-7-21-20(12-17)18-4-2-3-5-19(18)24(31)32-21/h2-9,11-13H,10H2,1H3,(H,27,29)(H,28,30)/t13-/m0/s1. The fraction of sp³-hybridized carbons (Fsp3) is 0.125. The van der Waals surface area contributed by atoms with Crippen LogP contribution < -0.4 is 16.3 Å². The van der Waals surface area contributed by atoms with Crippen molar-refractivity contribution < 1.29 is 22.8 Å². The van der Waals surface area contributed by atoms with Crippen molar-refractivity contribution in [1.82, 2.24) is 5.32 Å². The predicted molar refractivity (Wildman–Crippen MR) is 116 cm³/mol. The molecule has 1 heterocycles. The molecule has 0 radical (unpaired) electrons. The maximum Gasteiger partial charge on any atom is 0.344 e. The molecule has 2 N–H and O–H groups in total. The van der Waals surface area contributed by atoms with E-state index >= 15 is 0 Å². The summed E-state index contributed by atoms with van der Waals surface area (Å²) in [7, 11) is 0. The van der Waals surface area contributed by atoms with Crippen LogP contribution in [0.25, 0.3) is 21.7 Å². The predicted octanol–water partition coefficient (Wildman–Crippen LogP) is 3.91. The van der Waals surface area contributed by atoms with Gasteiger partial charge in [-0.05, 0) is 54.3 Å². The zero-order valence-corrected chi connectivity index (χ0v) is 16.9. The molecule has 3 aromatic carbocycles. The highest BCUT2D eigenvalue weighted by Crippen LogP contribution is 2.25. The molecule has 0 saturated carbocycles. The van der Waals surface area contributed by atoms with Crippen LogP contribution in [-0.4, -0.2) is 17.9 Å². The lowest BCUT2D eigenvalue weighted by Gasteiger charge is -2.15. The molecule has 0 aliphatic carbocycles. The molecule has 32 heavy (non-hydrogen) atoms. The first kappa shape index (κ1) is 21.2. The summed E-state index contributed by atoms with van der Waals surface area (Å²) in [5, 5.41) is 6.99. The van der Waals surface area contributed by atoms with Crippen molar-refractivity contribution in [1.29, 1.82) is 0 Å². The molecule has 2 amide bonds. The summed E-state index contributed by atoms with van der Waals surface area (Å²) in [5.74, 6) is -2.59. The van der Waals surface area contributed by atoms with Crippen molar-refractivity contribution >= 4 is 39.2 Å². The van der Waals surface area contributed by atoms with E-state index in [0.29, 0.717) is 27.4 Å². The van der Waals surface area contributed by atoms with Crippen molar-refractivity contribution in [2.75, 3.05) is 5.32 Å². The second-order valence-corrected chi connectivity index (χ2v) is 7.38. The van der Waals surface area contributed by atoms with Gasteiger partial charge < -0.3 is 15.1 Å². The Kier molecular flexibility index (Phi) is 5.68. The summed E-state index contributed by atoms with van der Waals surface area (Å²) >= 11 is 0. The summed E-state index contributed by atoms with van der Waals surface area (Å²) in [6, 6.07) is 13.8. The van der Waals surface area contributed by atoms with E-state index in [4.69, 9.17) is 4.42 Å². The molecule has 8 heteroatoms. The monoisotopic (exact) mass is 436 g/mol. The summed E-state index contributed by atoms with van der Waals surface area (Å²) in [4.78, 5) is 36.8. The highest BCUT2D eigenvalue weighted by molar-refractivity contribution is 6.06. The molecule has 0 unspecified atom stereocenters. The van der Waals surface area contributed by atoms with Gasteiger partial charge in [0.05, 0.1) is 11.8 Å². The minimum Gasteiger partial charge on any atom is -0.422 e. The summed E-state index contributed by atoms with van der Waals surface area (Å²) in [5.41, 5.74) is 0.556. The normalized spacial score (nSPS) is 12.0. The minimum atomic E-state index is -0.901. The minimum absolute atomic E-state index is 0.163. The van der Waals surface area contributed by atoms with Crippen LogP contribution in [0.5, 0.6) is 0 Å². The lowest BCUT2D eigenvalue weighted by molar-refractivity contribution is -0.125. The van der Waals surface area contributed by atoms with Gasteiger partial charge in [-0.25, -0.2) is 13.6 Å². The van der Waals surface area contributed by atoms with Crippen LogP contribution in [0.4, 0.5) is 14.5 Å². The van der Waals surface area contributed by atoms with Crippen LogP contribution in [0.15, 0.2) is 69.9 Å². The second kappa shape index (κ2) is 8.58. The molecule has 0 saturated heterocycles. The van der Waals surface area contributed by atoms with Crippen LogP contribution in [0.3, 0.4) is 0 Å². The molecule has 4 rings (SSSR count). The average molecular weight is 436 g/mol. The number of anilines is 1. The molecule has 0 aliphatic heterocycles. The molecule has 162 valence electrons. The van der Waals surface area contributed by atoms with Gasteiger partial charge in [0, 0.05) is 17.1 Å². The van der Waals surface area contributed by atoms with E-state index in [2.05, 4.69) is 10.6 Å². The molecule has 0 fully saturated rings. The third-order valence-corrected chi connectivity index (χ3v) is 4.94. The Morgan fingerprint density at radius 3 is 2.34 bits per heavy atom. The fourth-order valence-electron chi connectivity index (χ4n) is 3.47. The molecule has 6 nitrogen and oxygen atoms in total. The highest BCUT2D eigenvalue weighted by Gasteiger charge is 2.17. The van der Waals surface area contributed by atoms with Crippen molar-refractivity contribution in [2.24, 2.45) is 0 Å². The van der Waals surface area contributed by atoms with Crippen molar-refractivity contribution in [3.63, 3.8) is 0 Å². The molecule has 1 aromatic heterocycles. The van der Waals surface area contributed by atoms with Crippen LogP contribution in [0.1, 0.15) is 12.5 Å². The topological polar surface area (TPSA) is 88.4 Å². The van der Waals surface area contributed by atoms with E-state index in [0.717, 1.165) is 18.2 Å². The largest absolute Gasteiger partial charge is 0.422 e. The van der Waals surface area contributed by atoms with E-state index in [-0.39, 0.29) is 12.0 Å². The maximum atomic E-state index is 13.3. The quantitative estimate of drug-likeness (QED) is 0.367. The van der Waals surface area contributed by atoms with E-state index in [1.807, 2.05) is 0 Å². The first-order valence-corrected chi connectivity index (χ1v) is 9.81. The van der Waals surface area contributed by atoms with Gasteiger partial charge in [-0.3, -0.25) is 9.59 Å². The Hall–Kier alpha value is -4.07. The van der Waals surface area contributed by atoms with E-state index in [9.17, 15) is 23.2 Å². The van der Waals surface area contributed by atoms with Gasteiger partial charge in [0.15, 0.2) is 0 Å². The summed E-state index contributed by atoms with van der Waals surface area (Å²) < 4.78 is 31.9. The number of nitrogens with one attached hydrogen (secondary N) is 2. The number of fused-ring (bicyclic) bond motifs is 3. The third-order valence-electron chi connectivity index (χ3n) is 4.94. The van der Waals surface area contributed by atoms with E-state index < -0.39 is 35.1 Å². The van der Waals surface area contributed by atoms with Crippen LogP contribution in [0.2, 0.25) is 0 Å². The first-order chi connectivity index (χ1) is 15.3. The number of hydrogen-bond donors (Lipinski definition) is 2. The molecule has 4 aromatic rings. The zero-order valence-electron chi connectivity index (χ0n) is 16.9. The third kappa shape index (κ3) is 4.49. The second-order valence-electron chi connectivity index (χ2n) is 7.38. The highest BCUT2D eigenvalue weighted by atomic mass is 19.1. The lowest BCUT2D eigenvalue weighted by atomic mass is 10.1. The molecule has 0 spiro atoms. The number of carbonyl (C=O) groups excluding carboxylic acids is 2. The number of halogens is 2. The van der Waals surface area contributed by atoms with Gasteiger partial charge in [0.2, 0.25) is 11.8 Å². The van der Waals surface area contributed by atoms with Crippen LogP contribution in [0, 0.1) is 11.6 Å². The van der Waals surface area contributed by atoms with Gasteiger partial charge in [0.25, 0.3) is 0 Å². The lowest BCUT2D eigenvalue weighted by Crippen LogP contribution is -2.42. The van der Waals surface area contributed by atoms with Crippen molar-refractivity contribution in [3.8, 4) is 0 Å².